The highest BCUT2D eigenvalue weighted by atomic mass is 16.5. The molecule has 0 amide bonds. The highest BCUT2D eigenvalue weighted by Gasteiger charge is 2.17. The lowest BCUT2D eigenvalue weighted by atomic mass is 10.1. The van der Waals surface area contributed by atoms with E-state index in [-0.39, 0.29) is 11.1 Å². The molecule has 15 heavy (non-hydrogen) atoms. The third kappa shape index (κ3) is 8.60. The van der Waals surface area contributed by atoms with Crippen LogP contribution >= 0.6 is 0 Å². The van der Waals surface area contributed by atoms with Crippen molar-refractivity contribution < 1.29 is 9.84 Å². The van der Waals surface area contributed by atoms with Crippen molar-refractivity contribution in [1.29, 1.82) is 0 Å². The van der Waals surface area contributed by atoms with E-state index in [0.29, 0.717) is 13.2 Å². The van der Waals surface area contributed by atoms with Crippen molar-refractivity contribution in [2.75, 3.05) is 13.2 Å². The first-order chi connectivity index (χ1) is 6.66. The monoisotopic (exact) mass is 215 g/mol. The third-order valence-corrected chi connectivity index (χ3v) is 2.01. The molecule has 2 N–H and O–H groups in total. The predicted molar refractivity (Wildman–Crippen MR) is 64.0 cm³/mol. The van der Waals surface area contributed by atoms with Crippen LogP contribution in [0.2, 0.25) is 0 Å². The normalized spacial score (nSPS) is 15.1. The molecule has 3 nitrogen and oxygen atoms in total. The van der Waals surface area contributed by atoms with Crippen LogP contribution in [0.3, 0.4) is 0 Å². The van der Waals surface area contributed by atoms with Gasteiger partial charge in [0.05, 0.1) is 18.3 Å². The number of hydrogen-bond acceptors (Lipinski definition) is 3. The minimum atomic E-state index is -0.483. The third-order valence-electron chi connectivity index (χ3n) is 2.01. The van der Waals surface area contributed by atoms with Crippen LogP contribution < -0.4 is 5.32 Å². The summed E-state index contributed by atoms with van der Waals surface area (Å²) in [5.74, 6) is 0. The van der Waals surface area contributed by atoms with Crippen molar-refractivity contribution in [2.24, 2.45) is 0 Å². The fourth-order valence-corrected chi connectivity index (χ4v) is 0.853. The Balaban J connectivity index is 3.76. The minimum Gasteiger partial charge on any atom is -0.389 e. The smallest absolute Gasteiger partial charge is 0.0898 e. The van der Waals surface area contributed by atoms with Crippen molar-refractivity contribution in [3.05, 3.63) is 12.7 Å². The topological polar surface area (TPSA) is 41.5 Å². The second-order valence-electron chi connectivity index (χ2n) is 5.40. The summed E-state index contributed by atoms with van der Waals surface area (Å²) in [6.07, 6.45) is 1.25. The standard InChI is InChI=1S/C12H25NO2/c1-7-12(5,6)15-9-10(14)8-13-11(2,3)4/h7,10,13-14H,1,8-9H2,2-6H3. The van der Waals surface area contributed by atoms with Crippen LogP contribution in [0.4, 0.5) is 0 Å². The molecule has 0 aliphatic heterocycles. The molecule has 0 aromatic carbocycles. The van der Waals surface area contributed by atoms with Crippen LogP contribution in [0.5, 0.6) is 0 Å². The quantitative estimate of drug-likeness (QED) is 0.663. The molecule has 0 heterocycles. The van der Waals surface area contributed by atoms with Crippen molar-refractivity contribution in [3.8, 4) is 0 Å². The Labute approximate surface area is 93.5 Å². The van der Waals surface area contributed by atoms with E-state index >= 15 is 0 Å². The Morgan fingerprint density at radius 1 is 1.33 bits per heavy atom. The second-order valence-corrected chi connectivity index (χ2v) is 5.40. The number of hydrogen-bond donors (Lipinski definition) is 2. The Kier molecular flexibility index (Phi) is 5.49. The summed E-state index contributed by atoms with van der Waals surface area (Å²) < 4.78 is 5.50. The zero-order valence-corrected chi connectivity index (χ0v) is 10.6. The van der Waals surface area contributed by atoms with Gasteiger partial charge in [0.1, 0.15) is 0 Å². The van der Waals surface area contributed by atoms with Gasteiger partial charge in [0, 0.05) is 12.1 Å². The van der Waals surface area contributed by atoms with E-state index in [1.165, 1.54) is 0 Å². The first-order valence-corrected chi connectivity index (χ1v) is 5.37. The van der Waals surface area contributed by atoms with E-state index in [1.54, 1.807) is 6.08 Å². The van der Waals surface area contributed by atoms with Crippen LogP contribution in [-0.2, 0) is 4.74 Å². The van der Waals surface area contributed by atoms with Crippen LogP contribution in [0.25, 0.3) is 0 Å². The first-order valence-electron chi connectivity index (χ1n) is 5.37. The number of β-amino-alcohol motifs (C(OH)–C–C–N with tert-alkyl or cyclic N) is 1. The number of ether oxygens (including phenoxy) is 1. The highest BCUT2D eigenvalue weighted by molar-refractivity contribution is 4.89. The summed E-state index contributed by atoms with van der Waals surface area (Å²) in [4.78, 5) is 0. The number of nitrogens with one attached hydrogen (secondary N) is 1. The number of rotatable bonds is 6. The maximum atomic E-state index is 9.65. The van der Waals surface area contributed by atoms with Gasteiger partial charge in [0.15, 0.2) is 0 Å². The van der Waals surface area contributed by atoms with Gasteiger partial charge in [-0.1, -0.05) is 6.08 Å². The predicted octanol–water partition coefficient (Wildman–Crippen LogP) is 1.72. The van der Waals surface area contributed by atoms with Crippen molar-refractivity contribution >= 4 is 0 Å². The Hall–Kier alpha value is -0.380. The van der Waals surface area contributed by atoms with E-state index in [1.807, 2.05) is 13.8 Å². The molecule has 90 valence electrons. The average molecular weight is 215 g/mol. The molecule has 0 saturated carbocycles. The Morgan fingerprint density at radius 2 is 1.87 bits per heavy atom. The molecule has 0 aromatic rings. The lowest BCUT2D eigenvalue weighted by molar-refractivity contribution is -0.0331. The van der Waals surface area contributed by atoms with Gasteiger partial charge in [-0.3, -0.25) is 0 Å². The lowest BCUT2D eigenvalue weighted by Crippen LogP contribution is -2.43. The molecule has 3 heteroatoms. The van der Waals surface area contributed by atoms with Crippen LogP contribution in [-0.4, -0.2) is 35.5 Å². The molecule has 0 spiro atoms. The van der Waals surface area contributed by atoms with Crippen molar-refractivity contribution in [2.45, 2.75) is 51.9 Å². The minimum absolute atomic E-state index is 0.0228. The first kappa shape index (κ1) is 14.6. The summed E-state index contributed by atoms with van der Waals surface area (Å²) in [5, 5.41) is 12.9. The lowest BCUT2D eigenvalue weighted by Gasteiger charge is -2.26. The summed E-state index contributed by atoms with van der Waals surface area (Å²) in [5.41, 5.74) is -0.350. The van der Waals surface area contributed by atoms with Gasteiger partial charge in [-0.05, 0) is 34.6 Å². The summed E-state index contributed by atoms with van der Waals surface area (Å²) >= 11 is 0. The molecule has 0 aliphatic rings. The molecular weight excluding hydrogens is 190 g/mol. The molecule has 0 rings (SSSR count). The zero-order chi connectivity index (χ0) is 12.1. The average Bonchev–Trinajstić information content (AvgIpc) is 2.10. The van der Waals surface area contributed by atoms with Crippen LogP contribution in [0.1, 0.15) is 34.6 Å². The molecule has 0 fully saturated rings. The van der Waals surface area contributed by atoms with Gasteiger partial charge in [0.2, 0.25) is 0 Å². The number of aliphatic hydroxyl groups excluding tert-OH is 1. The maximum absolute atomic E-state index is 9.65. The summed E-state index contributed by atoms with van der Waals surface area (Å²) in [6.45, 7) is 14.6. The second kappa shape index (κ2) is 5.64. The Morgan fingerprint density at radius 3 is 2.27 bits per heavy atom. The van der Waals surface area contributed by atoms with Gasteiger partial charge in [-0.15, -0.1) is 6.58 Å². The van der Waals surface area contributed by atoms with Gasteiger partial charge in [0.25, 0.3) is 0 Å². The maximum Gasteiger partial charge on any atom is 0.0898 e. The largest absolute Gasteiger partial charge is 0.389 e. The zero-order valence-electron chi connectivity index (χ0n) is 10.6. The van der Waals surface area contributed by atoms with Crippen molar-refractivity contribution in [1.82, 2.24) is 5.32 Å². The van der Waals surface area contributed by atoms with Gasteiger partial charge >= 0.3 is 0 Å². The molecule has 0 bridgehead atoms. The van der Waals surface area contributed by atoms with E-state index in [0.717, 1.165) is 0 Å². The van der Waals surface area contributed by atoms with E-state index in [4.69, 9.17) is 4.74 Å². The summed E-state index contributed by atoms with van der Waals surface area (Å²) in [6, 6.07) is 0. The molecule has 0 aliphatic carbocycles. The van der Waals surface area contributed by atoms with Gasteiger partial charge in [-0.25, -0.2) is 0 Å². The van der Waals surface area contributed by atoms with Gasteiger partial charge in [-0.2, -0.15) is 0 Å². The molecule has 1 atom stereocenters. The van der Waals surface area contributed by atoms with Gasteiger partial charge < -0.3 is 15.2 Å². The molecule has 0 saturated heterocycles. The molecule has 0 aromatic heterocycles. The van der Waals surface area contributed by atoms with Crippen LogP contribution in [0.15, 0.2) is 12.7 Å². The number of aliphatic hydroxyl groups is 1. The fraction of sp³-hybridized carbons (Fsp3) is 0.833. The molecule has 0 radical (unpaired) electrons. The SMILES string of the molecule is C=CC(C)(C)OCC(O)CNC(C)(C)C. The van der Waals surface area contributed by atoms with E-state index < -0.39 is 6.10 Å². The highest BCUT2D eigenvalue weighted by Crippen LogP contribution is 2.10. The molecule has 1 unspecified atom stereocenters. The summed E-state index contributed by atoms with van der Waals surface area (Å²) in [7, 11) is 0. The fourth-order valence-electron chi connectivity index (χ4n) is 0.853. The van der Waals surface area contributed by atoms with Crippen molar-refractivity contribution in [3.63, 3.8) is 0 Å². The Bertz CT molecular complexity index is 194. The van der Waals surface area contributed by atoms with Crippen LogP contribution in [0, 0.1) is 0 Å². The van der Waals surface area contributed by atoms with E-state index in [2.05, 4.69) is 32.7 Å². The van der Waals surface area contributed by atoms with E-state index in [9.17, 15) is 5.11 Å². The molecular formula is C12H25NO2.